The minimum atomic E-state index is -4.21. The summed E-state index contributed by atoms with van der Waals surface area (Å²) in [6.07, 6.45) is 0. The molecule has 0 saturated heterocycles. The van der Waals surface area contributed by atoms with Crippen molar-refractivity contribution in [2.45, 2.75) is 39.1 Å². The van der Waals surface area contributed by atoms with Crippen LogP contribution >= 0.6 is 23.2 Å². The van der Waals surface area contributed by atoms with Crippen LogP contribution in [0.2, 0.25) is 10.0 Å². The molecule has 0 saturated carbocycles. The van der Waals surface area contributed by atoms with Gasteiger partial charge in [0.15, 0.2) is 0 Å². The van der Waals surface area contributed by atoms with Gasteiger partial charge >= 0.3 is 10.1 Å². The minimum Gasteiger partial charge on any atom is -0.379 e. The van der Waals surface area contributed by atoms with Gasteiger partial charge in [0.2, 0.25) is 5.91 Å². The van der Waals surface area contributed by atoms with Gasteiger partial charge in [0.1, 0.15) is 17.3 Å². The van der Waals surface area contributed by atoms with Crippen molar-refractivity contribution in [1.82, 2.24) is 4.90 Å². The topological polar surface area (TPSA) is 76.2 Å². The maximum atomic E-state index is 13.1. The van der Waals surface area contributed by atoms with Gasteiger partial charge in [-0.1, -0.05) is 43.1 Å². The predicted molar refractivity (Wildman–Crippen MR) is 136 cm³/mol. The largest absolute Gasteiger partial charge is 0.379 e. The molecule has 10 heteroatoms. The Morgan fingerprint density at radius 1 is 1.03 bits per heavy atom. The molecule has 0 aliphatic rings. The van der Waals surface area contributed by atoms with E-state index in [9.17, 15) is 13.2 Å². The van der Waals surface area contributed by atoms with Gasteiger partial charge in [0.25, 0.3) is 0 Å². The van der Waals surface area contributed by atoms with Crippen LogP contribution in [0.25, 0.3) is 0 Å². The van der Waals surface area contributed by atoms with Crippen LogP contribution < -0.4 is 9.08 Å². The van der Waals surface area contributed by atoms with E-state index in [0.717, 1.165) is 18.8 Å². The van der Waals surface area contributed by atoms with E-state index in [4.69, 9.17) is 32.1 Å². The average molecular weight is 532 g/mol. The second-order valence-corrected chi connectivity index (χ2v) is 10.5. The van der Waals surface area contributed by atoms with E-state index in [2.05, 4.69) is 4.90 Å². The smallest absolute Gasteiger partial charge is 0.339 e. The maximum Gasteiger partial charge on any atom is 0.339 e. The monoisotopic (exact) mass is 530 g/mol. The molecule has 2 aromatic carbocycles. The van der Waals surface area contributed by atoms with Crippen LogP contribution in [0.3, 0.4) is 0 Å². The summed E-state index contributed by atoms with van der Waals surface area (Å²) >= 11 is 12.0. The number of rotatable bonds is 12. The normalized spacial score (nSPS) is 11.5. The number of hydrogen-bond acceptors (Lipinski definition) is 6. The molecular formula is C24H32Cl2N2O5S. The number of ether oxygens (including phenoxy) is 1. The van der Waals surface area contributed by atoms with Crippen molar-refractivity contribution in [2.24, 2.45) is 5.92 Å². The quantitative estimate of drug-likeness (QED) is 0.349. The molecule has 0 aromatic heterocycles. The summed E-state index contributed by atoms with van der Waals surface area (Å²) in [5.41, 5.74) is 1.37. The van der Waals surface area contributed by atoms with Crippen LogP contribution in [0.5, 0.6) is 5.75 Å². The zero-order chi connectivity index (χ0) is 25.5. The molecule has 0 atom stereocenters. The molecule has 0 N–H and O–H groups in total. The number of halogens is 2. The van der Waals surface area contributed by atoms with E-state index < -0.39 is 10.1 Å². The fourth-order valence-electron chi connectivity index (χ4n) is 3.45. The third-order valence-corrected chi connectivity index (χ3v) is 7.10. The molecule has 0 unspecified atom stereocenters. The summed E-state index contributed by atoms with van der Waals surface area (Å²) in [7, 11) is -2.75. The standard InChI is InChI=1S/C24H32Cl2N2O5S/c1-6-27(7-2)19-9-8-18(15-28(14-17(3)4)24(29)16-32-5)23(12-19)33-34(30,31)20-10-11-21(25)22(26)13-20/h8-13,17H,6-7,14-16H2,1-5H3. The van der Waals surface area contributed by atoms with Crippen LogP contribution in [0.15, 0.2) is 41.3 Å². The Hall–Kier alpha value is -2.00. The Morgan fingerprint density at radius 2 is 1.71 bits per heavy atom. The van der Waals surface area contributed by atoms with Gasteiger partial charge in [-0.15, -0.1) is 0 Å². The molecule has 0 aliphatic heterocycles. The van der Waals surface area contributed by atoms with Gasteiger partial charge in [-0.2, -0.15) is 8.42 Å². The van der Waals surface area contributed by atoms with Crippen LogP contribution in [0, 0.1) is 5.92 Å². The summed E-state index contributed by atoms with van der Waals surface area (Å²) in [4.78, 5) is 16.2. The third kappa shape index (κ3) is 7.50. The lowest BCUT2D eigenvalue weighted by molar-refractivity contribution is -0.136. The highest BCUT2D eigenvalue weighted by atomic mass is 35.5. The molecule has 188 valence electrons. The van der Waals surface area contributed by atoms with E-state index in [1.54, 1.807) is 17.0 Å². The summed E-state index contributed by atoms with van der Waals surface area (Å²) in [5.74, 6) is 0.164. The zero-order valence-corrected chi connectivity index (χ0v) is 22.5. The molecule has 0 aliphatic carbocycles. The molecule has 34 heavy (non-hydrogen) atoms. The van der Waals surface area contributed by atoms with Gasteiger partial charge < -0.3 is 18.7 Å². The van der Waals surface area contributed by atoms with Crippen molar-refractivity contribution >= 4 is 44.9 Å². The first-order valence-electron chi connectivity index (χ1n) is 11.1. The number of anilines is 1. The van der Waals surface area contributed by atoms with E-state index in [-0.39, 0.29) is 45.7 Å². The van der Waals surface area contributed by atoms with E-state index >= 15 is 0 Å². The second kappa shape index (κ2) is 12.6. The number of hydrogen-bond donors (Lipinski definition) is 0. The molecule has 1 amide bonds. The molecule has 2 rings (SSSR count). The number of methoxy groups -OCH3 is 1. The Kier molecular flexibility index (Phi) is 10.5. The predicted octanol–water partition coefficient (Wildman–Crippen LogP) is 5.24. The molecular weight excluding hydrogens is 499 g/mol. The van der Waals surface area contributed by atoms with Crippen molar-refractivity contribution in [2.75, 3.05) is 38.3 Å². The lowest BCUT2D eigenvalue weighted by Crippen LogP contribution is -2.36. The first kappa shape index (κ1) is 28.2. The van der Waals surface area contributed by atoms with Crippen LogP contribution in [-0.4, -0.2) is 52.6 Å². The lowest BCUT2D eigenvalue weighted by Gasteiger charge is -2.27. The fourth-order valence-corrected chi connectivity index (χ4v) is 4.80. The van der Waals surface area contributed by atoms with Gasteiger partial charge in [-0.3, -0.25) is 4.79 Å². The molecule has 0 heterocycles. The summed E-state index contributed by atoms with van der Waals surface area (Å²) in [6.45, 7) is 10.1. The third-order valence-electron chi connectivity index (χ3n) is 5.13. The molecule has 0 bridgehead atoms. The van der Waals surface area contributed by atoms with Crippen LogP contribution in [0.4, 0.5) is 5.69 Å². The number of benzene rings is 2. The highest BCUT2D eigenvalue weighted by Gasteiger charge is 2.23. The van der Waals surface area contributed by atoms with Crippen LogP contribution in [0.1, 0.15) is 33.3 Å². The number of nitrogens with zero attached hydrogens (tertiary/aromatic N) is 2. The Labute approximate surface area is 212 Å². The summed E-state index contributed by atoms with van der Waals surface area (Å²) in [5, 5.41) is 0.350. The number of amides is 1. The summed E-state index contributed by atoms with van der Waals surface area (Å²) < 4.78 is 36.8. The first-order valence-corrected chi connectivity index (χ1v) is 13.2. The average Bonchev–Trinajstić information content (AvgIpc) is 2.77. The van der Waals surface area contributed by atoms with Gasteiger partial charge in [0, 0.05) is 50.6 Å². The Bertz CT molecular complexity index is 1090. The lowest BCUT2D eigenvalue weighted by atomic mass is 10.1. The molecule has 2 aromatic rings. The van der Waals surface area contributed by atoms with Crippen molar-refractivity contribution in [1.29, 1.82) is 0 Å². The minimum absolute atomic E-state index is 0.0674. The van der Waals surface area contributed by atoms with Crippen LogP contribution in [-0.2, 0) is 26.2 Å². The number of carbonyl (C=O) groups excluding carboxylic acids is 1. The SMILES string of the molecule is CCN(CC)c1ccc(CN(CC(C)C)C(=O)COC)c(OS(=O)(=O)c2ccc(Cl)c(Cl)c2)c1. The Balaban J connectivity index is 2.52. The first-order chi connectivity index (χ1) is 16.0. The van der Waals surface area contributed by atoms with Crippen molar-refractivity contribution in [3.63, 3.8) is 0 Å². The van der Waals surface area contributed by atoms with E-state index in [0.29, 0.717) is 12.1 Å². The molecule has 0 fully saturated rings. The van der Waals surface area contributed by atoms with Crippen molar-refractivity contribution in [3.05, 3.63) is 52.0 Å². The Morgan fingerprint density at radius 3 is 2.26 bits per heavy atom. The van der Waals surface area contributed by atoms with Gasteiger partial charge in [0.05, 0.1) is 10.0 Å². The highest BCUT2D eigenvalue weighted by molar-refractivity contribution is 7.87. The molecule has 0 radical (unpaired) electrons. The van der Waals surface area contributed by atoms with Crippen molar-refractivity contribution < 1.29 is 22.1 Å². The van der Waals surface area contributed by atoms with E-state index in [1.807, 2.05) is 33.8 Å². The molecule has 7 nitrogen and oxygen atoms in total. The van der Waals surface area contributed by atoms with Crippen molar-refractivity contribution in [3.8, 4) is 5.75 Å². The maximum absolute atomic E-state index is 13.1. The fraction of sp³-hybridized carbons (Fsp3) is 0.458. The van der Waals surface area contributed by atoms with Gasteiger partial charge in [-0.05, 0) is 44.0 Å². The number of carbonyl (C=O) groups is 1. The second-order valence-electron chi connectivity index (χ2n) is 8.18. The zero-order valence-electron chi connectivity index (χ0n) is 20.2. The molecule has 0 spiro atoms. The van der Waals surface area contributed by atoms with E-state index in [1.165, 1.54) is 25.3 Å². The highest BCUT2D eigenvalue weighted by Crippen LogP contribution is 2.31. The van der Waals surface area contributed by atoms with Gasteiger partial charge in [-0.25, -0.2) is 0 Å². The summed E-state index contributed by atoms with van der Waals surface area (Å²) in [6, 6.07) is 9.37.